The molecule has 1 aromatic heterocycles. The Morgan fingerprint density at radius 1 is 1.09 bits per heavy atom. The molecule has 0 aliphatic rings. The molecular formula is C17H16FN3O. The van der Waals surface area contributed by atoms with Crippen LogP contribution in [0.1, 0.15) is 10.5 Å². The fourth-order valence-electron chi connectivity index (χ4n) is 2.35. The third kappa shape index (κ3) is 2.84. The number of aromatic amines is 1. The number of nitrogens with one attached hydrogen (secondary N) is 2. The van der Waals surface area contributed by atoms with Crippen LogP contribution in [0.5, 0.6) is 0 Å². The van der Waals surface area contributed by atoms with Gasteiger partial charge >= 0.3 is 0 Å². The van der Waals surface area contributed by atoms with Crippen molar-refractivity contribution in [3.8, 4) is 11.1 Å². The predicted molar refractivity (Wildman–Crippen MR) is 85.1 cm³/mol. The Kier molecular flexibility index (Phi) is 3.89. The van der Waals surface area contributed by atoms with Crippen molar-refractivity contribution in [1.29, 1.82) is 0 Å². The number of carbonyl (C=O) groups is 1. The number of rotatable bonds is 4. The average Bonchev–Trinajstić information content (AvgIpc) is 2.96. The second kappa shape index (κ2) is 5.99. The maximum atomic E-state index is 13.0. The van der Waals surface area contributed by atoms with E-state index in [4.69, 9.17) is 5.73 Å². The van der Waals surface area contributed by atoms with Gasteiger partial charge in [-0.3, -0.25) is 4.79 Å². The number of hydrogen-bond acceptors (Lipinski definition) is 2. The molecule has 0 aliphatic carbocycles. The van der Waals surface area contributed by atoms with Gasteiger partial charge in [0.2, 0.25) is 0 Å². The number of benzene rings is 2. The number of amides is 1. The molecule has 2 aromatic carbocycles. The van der Waals surface area contributed by atoms with Gasteiger partial charge in [-0.2, -0.15) is 0 Å². The first-order chi connectivity index (χ1) is 10.7. The highest BCUT2D eigenvalue weighted by molar-refractivity contribution is 5.98. The average molecular weight is 297 g/mol. The Morgan fingerprint density at radius 3 is 2.55 bits per heavy atom. The summed E-state index contributed by atoms with van der Waals surface area (Å²) in [4.78, 5) is 15.0. The van der Waals surface area contributed by atoms with E-state index in [0.717, 1.165) is 22.0 Å². The number of hydrogen-bond donors (Lipinski definition) is 3. The monoisotopic (exact) mass is 297 g/mol. The molecule has 0 atom stereocenters. The lowest BCUT2D eigenvalue weighted by atomic mass is 10.0. The predicted octanol–water partition coefficient (Wildman–Crippen LogP) is 2.66. The Hall–Kier alpha value is -2.66. The third-order valence-electron chi connectivity index (χ3n) is 3.47. The van der Waals surface area contributed by atoms with E-state index >= 15 is 0 Å². The molecule has 4 N–H and O–H groups in total. The van der Waals surface area contributed by atoms with Gasteiger partial charge in [0.25, 0.3) is 5.91 Å². The highest BCUT2D eigenvalue weighted by atomic mass is 19.1. The number of nitrogens with two attached hydrogens (primary N) is 1. The first kappa shape index (κ1) is 14.3. The van der Waals surface area contributed by atoms with E-state index in [1.54, 1.807) is 18.2 Å². The molecule has 3 aromatic rings. The van der Waals surface area contributed by atoms with E-state index in [-0.39, 0.29) is 11.7 Å². The van der Waals surface area contributed by atoms with Crippen LogP contribution in [-0.4, -0.2) is 24.0 Å². The zero-order valence-corrected chi connectivity index (χ0v) is 11.9. The van der Waals surface area contributed by atoms with Gasteiger partial charge in [-0.25, -0.2) is 4.39 Å². The Bertz CT molecular complexity index is 808. The number of halogens is 1. The van der Waals surface area contributed by atoms with E-state index < -0.39 is 0 Å². The summed E-state index contributed by atoms with van der Waals surface area (Å²) in [6.07, 6.45) is 0. The molecule has 1 heterocycles. The van der Waals surface area contributed by atoms with Gasteiger partial charge in [0.05, 0.1) is 0 Å². The lowest BCUT2D eigenvalue weighted by molar-refractivity contribution is 0.0950. The van der Waals surface area contributed by atoms with Crippen LogP contribution in [0.3, 0.4) is 0 Å². The van der Waals surface area contributed by atoms with Crippen molar-refractivity contribution in [3.63, 3.8) is 0 Å². The van der Waals surface area contributed by atoms with E-state index in [9.17, 15) is 9.18 Å². The summed E-state index contributed by atoms with van der Waals surface area (Å²) in [6, 6.07) is 14.0. The van der Waals surface area contributed by atoms with Crippen LogP contribution in [0.25, 0.3) is 22.0 Å². The van der Waals surface area contributed by atoms with Crippen molar-refractivity contribution in [2.45, 2.75) is 0 Å². The lowest BCUT2D eigenvalue weighted by Crippen LogP contribution is -2.29. The van der Waals surface area contributed by atoms with Crippen LogP contribution in [-0.2, 0) is 0 Å². The van der Waals surface area contributed by atoms with Gasteiger partial charge in [-0.1, -0.05) is 24.3 Å². The van der Waals surface area contributed by atoms with Crippen LogP contribution in [0.4, 0.5) is 4.39 Å². The minimum absolute atomic E-state index is 0.176. The Balaban J connectivity index is 1.93. The Labute approximate surface area is 127 Å². The molecule has 0 aliphatic heterocycles. The van der Waals surface area contributed by atoms with Gasteiger partial charge in [0.1, 0.15) is 11.5 Å². The van der Waals surface area contributed by atoms with E-state index in [1.807, 2.05) is 18.2 Å². The quantitative estimate of drug-likeness (QED) is 0.693. The summed E-state index contributed by atoms with van der Waals surface area (Å²) in [5.74, 6) is -0.437. The molecule has 0 unspecified atom stereocenters. The van der Waals surface area contributed by atoms with Crippen LogP contribution < -0.4 is 11.1 Å². The molecule has 4 nitrogen and oxygen atoms in total. The summed E-state index contributed by atoms with van der Waals surface area (Å²) in [5.41, 5.74) is 8.62. The molecule has 112 valence electrons. The van der Waals surface area contributed by atoms with Crippen molar-refractivity contribution in [2.75, 3.05) is 13.1 Å². The molecule has 0 saturated heterocycles. The van der Waals surface area contributed by atoms with Crippen molar-refractivity contribution < 1.29 is 9.18 Å². The lowest BCUT2D eigenvalue weighted by Gasteiger charge is -2.02. The largest absolute Gasteiger partial charge is 0.351 e. The topological polar surface area (TPSA) is 70.9 Å². The highest BCUT2D eigenvalue weighted by Gasteiger charge is 2.09. The molecule has 0 fully saturated rings. The number of carbonyl (C=O) groups excluding carboxylic acids is 1. The summed E-state index contributed by atoms with van der Waals surface area (Å²) < 4.78 is 13.0. The van der Waals surface area contributed by atoms with E-state index in [0.29, 0.717) is 18.8 Å². The van der Waals surface area contributed by atoms with Crippen LogP contribution in [0.15, 0.2) is 48.5 Å². The van der Waals surface area contributed by atoms with E-state index in [2.05, 4.69) is 10.3 Å². The van der Waals surface area contributed by atoms with Gasteiger partial charge in [0.15, 0.2) is 0 Å². The second-order valence-corrected chi connectivity index (χ2v) is 5.04. The maximum Gasteiger partial charge on any atom is 0.267 e. The van der Waals surface area contributed by atoms with Crippen LogP contribution >= 0.6 is 0 Å². The number of H-pyrrole nitrogens is 1. The zero-order chi connectivity index (χ0) is 15.5. The fraction of sp³-hybridized carbons (Fsp3) is 0.118. The number of aromatic nitrogens is 1. The molecule has 0 radical (unpaired) electrons. The minimum Gasteiger partial charge on any atom is -0.351 e. The molecule has 0 bridgehead atoms. The molecule has 5 heteroatoms. The van der Waals surface area contributed by atoms with E-state index in [1.165, 1.54) is 12.1 Å². The molecule has 3 rings (SSSR count). The van der Waals surface area contributed by atoms with Crippen molar-refractivity contribution >= 4 is 16.8 Å². The summed E-state index contributed by atoms with van der Waals surface area (Å²) >= 11 is 0. The van der Waals surface area contributed by atoms with Gasteiger partial charge in [-0.05, 0) is 35.4 Å². The van der Waals surface area contributed by atoms with Gasteiger partial charge in [-0.15, -0.1) is 0 Å². The van der Waals surface area contributed by atoms with Crippen molar-refractivity contribution in [3.05, 3.63) is 60.0 Å². The summed E-state index contributed by atoms with van der Waals surface area (Å²) in [5, 5.41) is 3.67. The van der Waals surface area contributed by atoms with Crippen molar-refractivity contribution in [1.82, 2.24) is 10.3 Å². The highest BCUT2D eigenvalue weighted by Crippen LogP contribution is 2.25. The molecule has 0 spiro atoms. The smallest absolute Gasteiger partial charge is 0.267 e. The minimum atomic E-state index is -0.261. The second-order valence-electron chi connectivity index (χ2n) is 5.04. The summed E-state index contributed by atoms with van der Waals surface area (Å²) in [7, 11) is 0. The van der Waals surface area contributed by atoms with Crippen LogP contribution in [0.2, 0.25) is 0 Å². The standard InChI is InChI=1S/C17H16FN3O/c18-14-5-3-11(4-6-14)12-1-2-13-10-16(21-15(13)9-12)17(22)20-8-7-19/h1-6,9-10,21H,7-8,19H2,(H,20,22). The normalized spacial score (nSPS) is 10.8. The molecular weight excluding hydrogens is 281 g/mol. The summed E-state index contributed by atoms with van der Waals surface area (Å²) in [6.45, 7) is 0.843. The zero-order valence-electron chi connectivity index (χ0n) is 11.9. The van der Waals surface area contributed by atoms with Gasteiger partial charge < -0.3 is 16.0 Å². The third-order valence-corrected chi connectivity index (χ3v) is 3.47. The Morgan fingerprint density at radius 2 is 1.82 bits per heavy atom. The SMILES string of the molecule is NCCNC(=O)c1cc2ccc(-c3ccc(F)cc3)cc2[nH]1. The molecule has 0 saturated carbocycles. The van der Waals surface area contributed by atoms with Gasteiger partial charge in [0, 0.05) is 24.0 Å². The number of fused-ring (bicyclic) bond motifs is 1. The first-order valence-corrected chi connectivity index (χ1v) is 7.04. The maximum absolute atomic E-state index is 13.0. The van der Waals surface area contributed by atoms with Crippen molar-refractivity contribution in [2.24, 2.45) is 5.73 Å². The fourth-order valence-corrected chi connectivity index (χ4v) is 2.35. The molecule has 1 amide bonds. The van der Waals surface area contributed by atoms with Crippen LogP contribution in [0, 0.1) is 5.82 Å². The first-order valence-electron chi connectivity index (χ1n) is 7.04. The molecule has 22 heavy (non-hydrogen) atoms.